The number of rotatable bonds is 5. The maximum absolute atomic E-state index is 14.1. The van der Waals surface area contributed by atoms with Gasteiger partial charge in [-0.25, -0.2) is 4.39 Å². The molecule has 0 bridgehead atoms. The van der Waals surface area contributed by atoms with Crippen molar-refractivity contribution in [3.05, 3.63) is 64.6 Å². The third kappa shape index (κ3) is 4.53. The van der Waals surface area contributed by atoms with Gasteiger partial charge in [-0.3, -0.25) is 9.88 Å². The van der Waals surface area contributed by atoms with Gasteiger partial charge in [0.1, 0.15) is 17.6 Å². The number of aromatic nitrogens is 1. The third-order valence-corrected chi connectivity index (χ3v) is 5.64. The number of alkyl halides is 2. The second kappa shape index (κ2) is 9.00. The van der Waals surface area contributed by atoms with Crippen LogP contribution in [0.4, 0.5) is 18.9 Å². The summed E-state index contributed by atoms with van der Waals surface area (Å²) in [4.78, 5) is 8.37. The number of anilines is 1. The fourth-order valence-corrected chi connectivity index (χ4v) is 4.02. The molecule has 0 spiro atoms. The van der Waals surface area contributed by atoms with E-state index in [1.54, 1.807) is 18.2 Å². The van der Waals surface area contributed by atoms with Crippen LogP contribution in [0.2, 0.25) is 5.02 Å². The van der Waals surface area contributed by atoms with Gasteiger partial charge in [-0.1, -0.05) is 17.7 Å². The Kier molecular flexibility index (Phi) is 6.16. The number of nitriles is 1. The van der Waals surface area contributed by atoms with Crippen LogP contribution in [-0.4, -0.2) is 42.7 Å². The van der Waals surface area contributed by atoms with Crippen LogP contribution in [-0.2, 0) is 6.54 Å². The summed E-state index contributed by atoms with van der Waals surface area (Å²) in [6.07, 6.45) is 1.48. The number of ether oxygens (including phenoxy) is 1. The molecule has 1 aliphatic rings. The molecule has 2 heterocycles. The van der Waals surface area contributed by atoms with Crippen LogP contribution in [0, 0.1) is 17.1 Å². The molecule has 0 aliphatic carbocycles. The van der Waals surface area contributed by atoms with Gasteiger partial charge in [0.15, 0.2) is 0 Å². The van der Waals surface area contributed by atoms with Crippen molar-refractivity contribution in [2.75, 3.05) is 31.1 Å². The Balaban J connectivity index is 1.58. The predicted molar refractivity (Wildman–Crippen MR) is 112 cm³/mol. The molecule has 1 aromatic heterocycles. The average Bonchev–Trinajstić information content (AvgIpc) is 2.75. The number of nitrogens with zero attached hydrogens (tertiary/aromatic N) is 4. The maximum atomic E-state index is 14.1. The van der Waals surface area contributed by atoms with Crippen LogP contribution < -0.4 is 9.64 Å². The van der Waals surface area contributed by atoms with Crippen LogP contribution >= 0.6 is 11.6 Å². The zero-order chi connectivity index (χ0) is 22.0. The van der Waals surface area contributed by atoms with Gasteiger partial charge in [-0.15, -0.1) is 0 Å². The van der Waals surface area contributed by atoms with E-state index in [0.717, 1.165) is 0 Å². The van der Waals surface area contributed by atoms with Crippen LogP contribution in [0.3, 0.4) is 0 Å². The van der Waals surface area contributed by atoms with Gasteiger partial charge in [-0.2, -0.15) is 14.0 Å². The van der Waals surface area contributed by atoms with Crippen LogP contribution in [0.1, 0.15) is 11.1 Å². The van der Waals surface area contributed by atoms with Crippen molar-refractivity contribution >= 4 is 28.2 Å². The number of pyridine rings is 1. The van der Waals surface area contributed by atoms with Crippen LogP contribution in [0.25, 0.3) is 10.9 Å². The number of hydrogen-bond donors (Lipinski definition) is 0. The lowest BCUT2D eigenvalue weighted by atomic mass is 10.1. The fraction of sp³-hybridized carbons (Fsp3) is 0.273. The first-order chi connectivity index (χ1) is 15.0. The number of fused-ring (bicyclic) bond motifs is 1. The Hall–Kier alpha value is -3.02. The molecule has 5 nitrogen and oxygen atoms in total. The summed E-state index contributed by atoms with van der Waals surface area (Å²) in [6, 6.07) is 11.3. The lowest BCUT2D eigenvalue weighted by Gasteiger charge is -2.37. The zero-order valence-corrected chi connectivity index (χ0v) is 17.1. The van der Waals surface area contributed by atoms with Crippen molar-refractivity contribution in [1.82, 2.24) is 9.88 Å². The molecule has 4 rings (SSSR count). The van der Waals surface area contributed by atoms with Gasteiger partial charge in [0, 0.05) is 54.9 Å². The van der Waals surface area contributed by atoms with Gasteiger partial charge >= 0.3 is 6.61 Å². The highest BCUT2D eigenvalue weighted by Crippen LogP contribution is 2.33. The molecule has 0 atom stereocenters. The topological polar surface area (TPSA) is 52.4 Å². The van der Waals surface area contributed by atoms with E-state index in [1.807, 2.05) is 4.90 Å². The molecule has 0 amide bonds. The molecule has 1 aliphatic heterocycles. The minimum absolute atomic E-state index is 0.00784. The van der Waals surface area contributed by atoms with E-state index in [9.17, 15) is 18.4 Å². The van der Waals surface area contributed by atoms with E-state index >= 15 is 0 Å². The first kappa shape index (κ1) is 21.2. The Bertz CT molecular complexity index is 1120. The molecular formula is C22H18ClF3N4O. The predicted octanol–water partition coefficient (Wildman–Crippen LogP) is 4.82. The highest BCUT2D eigenvalue weighted by molar-refractivity contribution is 6.31. The molecule has 1 fully saturated rings. The minimum atomic E-state index is -2.94. The van der Waals surface area contributed by atoms with Crippen LogP contribution in [0.5, 0.6) is 5.75 Å². The zero-order valence-electron chi connectivity index (χ0n) is 16.4. The SMILES string of the molecule is N#Cc1cnc2ccc(OC(F)F)cc2c1N1CCN(Cc2c(F)cccc2Cl)CC1. The Labute approximate surface area is 182 Å². The summed E-state index contributed by atoms with van der Waals surface area (Å²) < 4.78 is 44.0. The first-order valence-corrected chi connectivity index (χ1v) is 10.0. The largest absolute Gasteiger partial charge is 0.435 e. The van der Waals surface area contributed by atoms with E-state index in [1.165, 1.54) is 24.4 Å². The summed E-state index contributed by atoms with van der Waals surface area (Å²) in [6.45, 7) is -0.186. The Morgan fingerprint density at radius 1 is 1.16 bits per heavy atom. The Morgan fingerprint density at radius 3 is 2.61 bits per heavy atom. The maximum Gasteiger partial charge on any atom is 0.387 e. The number of halogens is 4. The van der Waals surface area contributed by atoms with Gasteiger partial charge in [-0.05, 0) is 30.3 Å². The quantitative estimate of drug-likeness (QED) is 0.562. The molecule has 0 N–H and O–H groups in total. The molecule has 9 heteroatoms. The van der Waals surface area contributed by atoms with E-state index < -0.39 is 6.61 Å². The van der Waals surface area contributed by atoms with Gasteiger partial charge < -0.3 is 9.64 Å². The standard InChI is InChI=1S/C22H18ClF3N4O/c23-18-2-1-3-19(24)17(18)13-29-6-8-30(9-7-29)21-14(11-27)12-28-20-5-4-15(10-16(20)21)31-22(25)26/h1-5,10,12,22H,6-9,13H2. The van der Waals surface area contributed by atoms with Crippen molar-refractivity contribution in [2.24, 2.45) is 0 Å². The summed E-state index contributed by atoms with van der Waals surface area (Å²) in [5, 5.41) is 10.6. The van der Waals surface area contributed by atoms with Crippen LogP contribution in [0.15, 0.2) is 42.6 Å². The smallest absolute Gasteiger partial charge is 0.387 e. The van der Waals surface area contributed by atoms with Crippen molar-refractivity contribution in [3.63, 3.8) is 0 Å². The van der Waals surface area contributed by atoms with E-state index in [2.05, 4.69) is 20.7 Å². The van der Waals surface area contributed by atoms with Gasteiger partial charge in [0.2, 0.25) is 0 Å². The highest BCUT2D eigenvalue weighted by atomic mass is 35.5. The number of piperazine rings is 1. The summed E-state index contributed by atoms with van der Waals surface area (Å²) in [5.74, 6) is -0.332. The van der Waals surface area contributed by atoms with E-state index in [0.29, 0.717) is 65.5 Å². The van der Waals surface area contributed by atoms with E-state index in [-0.39, 0.29) is 11.6 Å². The number of hydrogen-bond acceptors (Lipinski definition) is 5. The van der Waals surface area contributed by atoms with Crippen molar-refractivity contribution < 1.29 is 17.9 Å². The fourth-order valence-electron chi connectivity index (χ4n) is 3.79. The molecule has 2 aromatic carbocycles. The highest BCUT2D eigenvalue weighted by Gasteiger charge is 2.23. The second-order valence-corrected chi connectivity index (χ2v) is 7.56. The summed E-state index contributed by atoms with van der Waals surface area (Å²) >= 11 is 6.14. The van der Waals surface area contributed by atoms with Gasteiger partial charge in [0.25, 0.3) is 0 Å². The third-order valence-electron chi connectivity index (χ3n) is 5.29. The van der Waals surface area contributed by atoms with Crippen molar-refractivity contribution in [2.45, 2.75) is 13.2 Å². The normalized spacial score (nSPS) is 14.8. The lowest BCUT2D eigenvalue weighted by molar-refractivity contribution is -0.0497. The summed E-state index contributed by atoms with van der Waals surface area (Å²) in [5.41, 5.74) is 2.03. The lowest BCUT2D eigenvalue weighted by Crippen LogP contribution is -2.46. The molecule has 1 saturated heterocycles. The monoisotopic (exact) mass is 446 g/mol. The molecular weight excluding hydrogens is 429 g/mol. The molecule has 0 saturated carbocycles. The molecule has 160 valence electrons. The summed E-state index contributed by atoms with van der Waals surface area (Å²) in [7, 11) is 0. The number of benzene rings is 2. The van der Waals surface area contributed by atoms with Gasteiger partial charge in [0.05, 0.1) is 16.8 Å². The molecule has 3 aromatic rings. The van der Waals surface area contributed by atoms with Crippen molar-refractivity contribution in [3.8, 4) is 11.8 Å². The van der Waals surface area contributed by atoms with E-state index in [4.69, 9.17) is 11.6 Å². The first-order valence-electron chi connectivity index (χ1n) is 9.64. The molecule has 0 radical (unpaired) electrons. The Morgan fingerprint density at radius 2 is 1.94 bits per heavy atom. The molecule has 31 heavy (non-hydrogen) atoms. The van der Waals surface area contributed by atoms with Crippen molar-refractivity contribution in [1.29, 1.82) is 5.26 Å². The molecule has 0 unspecified atom stereocenters. The minimum Gasteiger partial charge on any atom is -0.435 e. The average molecular weight is 447 g/mol. The second-order valence-electron chi connectivity index (χ2n) is 7.15.